The highest BCUT2D eigenvalue weighted by atomic mass is 16.6. The van der Waals surface area contributed by atoms with Crippen LogP contribution in [-0.2, 0) is 9.53 Å². The zero-order valence-electron chi connectivity index (χ0n) is 11.8. The zero-order chi connectivity index (χ0) is 15.8. The minimum absolute atomic E-state index is 0.0313. The maximum absolute atomic E-state index is 11.7. The van der Waals surface area contributed by atoms with Crippen molar-refractivity contribution in [3.05, 3.63) is 33.9 Å². The summed E-state index contributed by atoms with van der Waals surface area (Å²) < 4.78 is 4.81. The van der Waals surface area contributed by atoms with Gasteiger partial charge in [0.25, 0.3) is 5.69 Å². The number of rotatable bonds is 7. The summed E-state index contributed by atoms with van der Waals surface area (Å²) in [6, 6.07) is 5.97. The molecule has 1 aromatic rings. The van der Waals surface area contributed by atoms with E-state index >= 15 is 0 Å². The molecule has 0 aromatic heterocycles. The number of methoxy groups -OCH3 is 1. The SMILES string of the molecule is COCCNC(=O)CN(C)c1ccc(C#N)cc1[N+](=O)[O-]. The van der Waals surface area contributed by atoms with Crippen LogP contribution in [0.15, 0.2) is 18.2 Å². The fourth-order valence-electron chi connectivity index (χ4n) is 1.71. The molecule has 0 bridgehead atoms. The summed E-state index contributed by atoms with van der Waals surface area (Å²) in [6.45, 7) is 0.738. The normalized spacial score (nSPS) is 9.76. The van der Waals surface area contributed by atoms with Crippen molar-refractivity contribution in [2.45, 2.75) is 0 Å². The molecular formula is C13H16N4O4. The second-order valence-electron chi connectivity index (χ2n) is 4.27. The highest BCUT2D eigenvalue weighted by molar-refractivity contribution is 5.82. The molecule has 1 amide bonds. The average Bonchev–Trinajstić information content (AvgIpc) is 2.46. The van der Waals surface area contributed by atoms with Crippen LogP contribution in [0.4, 0.5) is 11.4 Å². The van der Waals surface area contributed by atoms with Crippen molar-refractivity contribution in [2.75, 3.05) is 38.8 Å². The van der Waals surface area contributed by atoms with Gasteiger partial charge in [-0.25, -0.2) is 0 Å². The third-order valence-electron chi connectivity index (χ3n) is 2.72. The summed E-state index contributed by atoms with van der Waals surface area (Å²) in [5, 5.41) is 22.4. The predicted molar refractivity (Wildman–Crippen MR) is 76.0 cm³/mol. The number of nitrogens with one attached hydrogen (secondary N) is 1. The fourth-order valence-corrected chi connectivity index (χ4v) is 1.71. The predicted octanol–water partition coefficient (Wildman–Crippen LogP) is 0.665. The Hall–Kier alpha value is -2.66. The minimum atomic E-state index is -0.574. The standard InChI is InChI=1S/C13H16N4O4/c1-16(9-13(18)15-5-6-21-2)11-4-3-10(8-14)7-12(11)17(19)20/h3-4,7H,5-6,9H2,1-2H3,(H,15,18). The van der Waals surface area contributed by atoms with Gasteiger partial charge in [0.1, 0.15) is 5.69 Å². The van der Waals surface area contributed by atoms with Crippen molar-refractivity contribution < 1.29 is 14.5 Å². The molecule has 8 heteroatoms. The van der Waals surface area contributed by atoms with Gasteiger partial charge in [-0.05, 0) is 12.1 Å². The Balaban J connectivity index is 2.82. The van der Waals surface area contributed by atoms with Crippen molar-refractivity contribution >= 4 is 17.3 Å². The Bertz CT molecular complexity index is 568. The molecule has 0 radical (unpaired) electrons. The van der Waals surface area contributed by atoms with Crippen molar-refractivity contribution in [1.29, 1.82) is 5.26 Å². The molecule has 0 spiro atoms. The number of likely N-dealkylation sites (N-methyl/N-ethyl adjacent to an activating group) is 1. The Kier molecular flexibility index (Phi) is 6.10. The van der Waals surface area contributed by atoms with Gasteiger partial charge < -0.3 is 15.0 Å². The fraction of sp³-hybridized carbons (Fsp3) is 0.385. The molecule has 0 fully saturated rings. The molecule has 0 aliphatic carbocycles. The molecule has 0 saturated carbocycles. The number of anilines is 1. The highest BCUT2D eigenvalue weighted by Gasteiger charge is 2.19. The summed E-state index contributed by atoms with van der Waals surface area (Å²) >= 11 is 0. The lowest BCUT2D eigenvalue weighted by atomic mass is 10.1. The van der Waals surface area contributed by atoms with Crippen LogP contribution in [0, 0.1) is 21.4 Å². The second-order valence-corrected chi connectivity index (χ2v) is 4.27. The number of amides is 1. The van der Waals surface area contributed by atoms with Crippen LogP contribution in [0.1, 0.15) is 5.56 Å². The van der Waals surface area contributed by atoms with Gasteiger partial charge in [0.15, 0.2) is 0 Å². The lowest BCUT2D eigenvalue weighted by Gasteiger charge is -2.18. The van der Waals surface area contributed by atoms with Crippen molar-refractivity contribution in [2.24, 2.45) is 0 Å². The second kappa shape index (κ2) is 7.81. The van der Waals surface area contributed by atoms with Crippen LogP contribution < -0.4 is 10.2 Å². The average molecular weight is 292 g/mol. The lowest BCUT2D eigenvalue weighted by molar-refractivity contribution is -0.384. The van der Waals surface area contributed by atoms with E-state index in [0.29, 0.717) is 13.2 Å². The summed E-state index contributed by atoms with van der Waals surface area (Å²) in [7, 11) is 3.10. The van der Waals surface area contributed by atoms with E-state index in [2.05, 4.69) is 5.32 Å². The monoisotopic (exact) mass is 292 g/mol. The number of carbonyl (C=O) groups is 1. The van der Waals surface area contributed by atoms with E-state index < -0.39 is 4.92 Å². The van der Waals surface area contributed by atoms with E-state index in [1.165, 1.54) is 30.2 Å². The molecule has 0 aliphatic rings. The van der Waals surface area contributed by atoms with E-state index in [1.54, 1.807) is 7.05 Å². The van der Waals surface area contributed by atoms with Crippen molar-refractivity contribution in [3.8, 4) is 6.07 Å². The third-order valence-corrected chi connectivity index (χ3v) is 2.72. The molecular weight excluding hydrogens is 276 g/mol. The van der Waals surface area contributed by atoms with Crippen molar-refractivity contribution in [3.63, 3.8) is 0 Å². The van der Waals surface area contributed by atoms with Crippen LogP contribution in [0.2, 0.25) is 0 Å². The topological polar surface area (TPSA) is 108 Å². The quantitative estimate of drug-likeness (QED) is 0.449. The van der Waals surface area contributed by atoms with E-state index in [4.69, 9.17) is 10.00 Å². The van der Waals surface area contributed by atoms with Crippen molar-refractivity contribution in [1.82, 2.24) is 5.32 Å². The van der Waals surface area contributed by atoms with E-state index in [1.807, 2.05) is 6.07 Å². The number of nitriles is 1. The number of benzene rings is 1. The maximum atomic E-state index is 11.7. The first-order chi connectivity index (χ1) is 9.99. The van der Waals surface area contributed by atoms with Crippen LogP contribution >= 0.6 is 0 Å². The van der Waals surface area contributed by atoms with Gasteiger partial charge in [-0.15, -0.1) is 0 Å². The van der Waals surface area contributed by atoms with E-state index in [9.17, 15) is 14.9 Å². The third kappa shape index (κ3) is 4.74. The molecule has 1 aromatic carbocycles. The molecule has 0 aliphatic heterocycles. The van der Waals surface area contributed by atoms with Gasteiger partial charge in [0.05, 0.1) is 29.7 Å². The summed E-state index contributed by atoms with van der Waals surface area (Å²) in [5.41, 5.74) is 0.269. The van der Waals surface area contributed by atoms with E-state index in [-0.39, 0.29) is 29.4 Å². The Morgan fingerprint density at radius 1 is 1.57 bits per heavy atom. The molecule has 21 heavy (non-hydrogen) atoms. The van der Waals surface area contributed by atoms with Gasteiger partial charge in [-0.3, -0.25) is 14.9 Å². The van der Waals surface area contributed by atoms with Gasteiger partial charge >= 0.3 is 0 Å². The van der Waals surface area contributed by atoms with E-state index in [0.717, 1.165) is 0 Å². The Labute approximate surface area is 122 Å². The van der Waals surface area contributed by atoms with Crippen LogP contribution in [0.5, 0.6) is 0 Å². The molecule has 8 nitrogen and oxygen atoms in total. The molecule has 1 N–H and O–H groups in total. The first-order valence-electron chi connectivity index (χ1n) is 6.15. The largest absolute Gasteiger partial charge is 0.383 e. The van der Waals surface area contributed by atoms with Crippen LogP contribution in [0.3, 0.4) is 0 Å². The first kappa shape index (κ1) is 16.4. The number of nitro groups is 1. The number of nitro benzene ring substituents is 1. The minimum Gasteiger partial charge on any atom is -0.383 e. The lowest BCUT2D eigenvalue weighted by Crippen LogP contribution is -2.36. The molecule has 0 atom stereocenters. The Morgan fingerprint density at radius 3 is 2.86 bits per heavy atom. The van der Waals surface area contributed by atoms with Gasteiger partial charge in [0, 0.05) is 26.8 Å². The first-order valence-corrected chi connectivity index (χ1v) is 6.15. The molecule has 1 rings (SSSR count). The summed E-state index contributed by atoms with van der Waals surface area (Å²) in [6.07, 6.45) is 0. The van der Waals surface area contributed by atoms with Crippen LogP contribution in [0.25, 0.3) is 0 Å². The number of hydrogen-bond acceptors (Lipinski definition) is 6. The Morgan fingerprint density at radius 2 is 2.29 bits per heavy atom. The van der Waals surface area contributed by atoms with Gasteiger partial charge in [-0.1, -0.05) is 0 Å². The number of hydrogen-bond donors (Lipinski definition) is 1. The highest BCUT2D eigenvalue weighted by Crippen LogP contribution is 2.28. The summed E-state index contributed by atoms with van der Waals surface area (Å²) in [5.74, 6) is -0.270. The number of ether oxygens (including phenoxy) is 1. The van der Waals surface area contributed by atoms with Gasteiger partial charge in [0.2, 0.25) is 5.91 Å². The number of carbonyl (C=O) groups excluding carboxylic acids is 1. The molecule has 0 unspecified atom stereocenters. The van der Waals surface area contributed by atoms with Crippen LogP contribution in [-0.4, -0.2) is 44.7 Å². The smallest absolute Gasteiger partial charge is 0.293 e. The zero-order valence-corrected chi connectivity index (χ0v) is 11.8. The molecule has 0 heterocycles. The van der Waals surface area contributed by atoms with Gasteiger partial charge in [-0.2, -0.15) is 5.26 Å². The molecule has 0 saturated heterocycles. The molecule has 112 valence electrons. The number of nitrogens with zero attached hydrogens (tertiary/aromatic N) is 3. The summed E-state index contributed by atoms with van der Waals surface area (Å²) in [4.78, 5) is 23.6. The maximum Gasteiger partial charge on any atom is 0.293 e.